The van der Waals surface area contributed by atoms with Gasteiger partial charge in [0.1, 0.15) is 0 Å². The van der Waals surface area contributed by atoms with Crippen LogP contribution in [0.4, 0.5) is 0 Å². The molecule has 2 aliphatic heterocycles. The minimum Gasteiger partial charge on any atom is -0.381 e. The highest BCUT2D eigenvalue weighted by molar-refractivity contribution is 5.85. The average Bonchev–Trinajstić information content (AvgIpc) is 3.03. The molecule has 2 saturated heterocycles. The van der Waals surface area contributed by atoms with Crippen LogP contribution in [0.1, 0.15) is 38.5 Å². The van der Waals surface area contributed by atoms with E-state index in [4.69, 9.17) is 9.47 Å². The van der Waals surface area contributed by atoms with Crippen LogP contribution in [0.25, 0.3) is 0 Å². The fourth-order valence-electron chi connectivity index (χ4n) is 2.96. The van der Waals surface area contributed by atoms with Gasteiger partial charge in [-0.2, -0.15) is 0 Å². The number of hydrogen-bond acceptors (Lipinski definition) is 4. The smallest absolute Gasteiger partial charge is 0.220 e. The molecule has 0 spiro atoms. The molecule has 22 heavy (non-hydrogen) atoms. The molecule has 0 radical (unpaired) electrons. The zero-order chi connectivity index (χ0) is 14.8. The molecule has 2 N–H and O–H groups in total. The third kappa shape index (κ3) is 8.32. The molecule has 2 fully saturated rings. The molecule has 1 unspecified atom stereocenters. The topological polar surface area (TPSA) is 59.6 Å². The van der Waals surface area contributed by atoms with Gasteiger partial charge in [0, 0.05) is 32.1 Å². The van der Waals surface area contributed by atoms with Crippen LogP contribution in [-0.2, 0) is 14.3 Å². The summed E-state index contributed by atoms with van der Waals surface area (Å²) in [5.41, 5.74) is 0. The van der Waals surface area contributed by atoms with E-state index < -0.39 is 0 Å². The van der Waals surface area contributed by atoms with E-state index in [1.54, 1.807) is 0 Å². The quantitative estimate of drug-likeness (QED) is 0.631. The Labute approximate surface area is 140 Å². The fourth-order valence-corrected chi connectivity index (χ4v) is 2.96. The van der Waals surface area contributed by atoms with Crippen LogP contribution >= 0.6 is 12.4 Å². The highest BCUT2D eigenvalue weighted by Crippen LogP contribution is 2.17. The van der Waals surface area contributed by atoms with Crippen molar-refractivity contribution in [1.29, 1.82) is 0 Å². The van der Waals surface area contributed by atoms with Crippen molar-refractivity contribution in [1.82, 2.24) is 10.6 Å². The molecule has 130 valence electrons. The van der Waals surface area contributed by atoms with E-state index in [0.717, 1.165) is 71.2 Å². The molecule has 1 atom stereocenters. The van der Waals surface area contributed by atoms with Crippen LogP contribution in [-0.4, -0.2) is 52.0 Å². The number of halogens is 1. The average molecular weight is 335 g/mol. The second-order valence-electron chi connectivity index (χ2n) is 6.24. The van der Waals surface area contributed by atoms with Gasteiger partial charge in [0.15, 0.2) is 0 Å². The highest BCUT2D eigenvalue weighted by atomic mass is 35.5. The van der Waals surface area contributed by atoms with Gasteiger partial charge < -0.3 is 20.1 Å². The van der Waals surface area contributed by atoms with Crippen molar-refractivity contribution < 1.29 is 14.3 Å². The number of hydrogen-bond donors (Lipinski definition) is 2. The van der Waals surface area contributed by atoms with E-state index in [1.165, 1.54) is 12.8 Å². The largest absolute Gasteiger partial charge is 0.381 e. The van der Waals surface area contributed by atoms with Crippen LogP contribution in [0.5, 0.6) is 0 Å². The van der Waals surface area contributed by atoms with Gasteiger partial charge in [-0.25, -0.2) is 0 Å². The van der Waals surface area contributed by atoms with Crippen molar-refractivity contribution in [3.8, 4) is 0 Å². The number of amides is 1. The van der Waals surface area contributed by atoms with Crippen molar-refractivity contribution >= 4 is 18.3 Å². The first-order chi connectivity index (χ1) is 10.3. The van der Waals surface area contributed by atoms with Gasteiger partial charge in [0.25, 0.3) is 0 Å². The second-order valence-corrected chi connectivity index (χ2v) is 6.24. The van der Waals surface area contributed by atoms with E-state index in [1.807, 2.05) is 0 Å². The van der Waals surface area contributed by atoms with E-state index in [-0.39, 0.29) is 18.3 Å². The third-order valence-electron chi connectivity index (χ3n) is 4.40. The monoisotopic (exact) mass is 334 g/mol. The van der Waals surface area contributed by atoms with Gasteiger partial charge in [0.05, 0.1) is 13.2 Å². The van der Waals surface area contributed by atoms with Crippen LogP contribution in [0.2, 0.25) is 0 Å². The van der Waals surface area contributed by atoms with Gasteiger partial charge in [-0.3, -0.25) is 4.79 Å². The molecular formula is C16H31ClN2O3. The summed E-state index contributed by atoms with van der Waals surface area (Å²) in [5, 5.41) is 6.35. The SMILES string of the molecule is Cl.O=C(CCC1CCNCC1)NCCCOCC1CCOC1. The fraction of sp³-hybridized carbons (Fsp3) is 0.938. The highest BCUT2D eigenvalue weighted by Gasteiger charge is 2.15. The van der Waals surface area contributed by atoms with Gasteiger partial charge in [-0.1, -0.05) is 0 Å². The predicted octanol–water partition coefficient (Wildman–Crippen LogP) is 1.75. The molecule has 0 aromatic heterocycles. The summed E-state index contributed by atoms with van der Waals surface area (Å²) >= 11 is 0. The van der Waals surface area contributed by atoms with Crippen LogP contribution in [0.15, 0.2) is 0 Å². The lowest BCUT2D eigenvalue weighted by molar-refractivity contribution is -0.121. The van der Waals surface area contributed by atoms with E-state index in [0.29, 0.717) is 12.3 Å². The van der Waals surface area contributed by atoms with E-state index in [2.05, 4.69) is 10.6 Å². The van der Waals surface area contributed by atoms with Crippen molar-refractivity contribution in [3.05, 3.63) is 0 Å². The third-order valence-corrected chi connectivity index (χ3v) is 4.40. The molecule has 2 heterocycles. The van der Waals surface area contributed by atoms with Crippen molar-refractivity contribution in [2.45, 2.75) is 38.5 Å². The van der Waals surface area contributed by atoms with Gasteiger partial charge in [0.2, 0.25) is 5.91 Å². The first-order valence-electron chi connectivity index (χ1n) is 8.47. The number of piperidine rings is 1. The lowest BCUT2D eigenvalue weighted by atomic mass is 9.93. The Balaban J connectivity index is 0.00000242. The lowest BCUT2D eigenvalue weighted by Crippen LogP contribution is -2.30. The molecule has 2 rings (SSSR count). The summed E-state index contributed by atoms with van der Waals surface area (Å²) in [6.45, 7) is 6.18. The van der Waals surface area contributed by atoms with Crippen molar-refractivity contribution in [2.75, 3.05) is 46.1 Å². The zero-order valence-corrected chi connectivity index (χ0v) is 14.3. The number of carbonyl (C=O) groups excluding carboxylic acids is 1. The molecule has 0 aromatic carbocycles. The van der Waals surface area contributed by atoms with Crippen LogP contribution in [0.3, 0.4) is 0 Å². The first-order valence-corrected chi connectivity index (χ1v) is 8.47. The number of ether oxygens (including phenoxy) is 2. The van der Waals surface area contributed by atoms with Gasteiger partial charge >= 0.3 is 0 Å². The van der Waals surface area contributed by atoms with E-state index >= 15 is 0 Å². The maximum Gasteiger partial charge on any atom is 0.220 e. The van der Waals surface area contributed by atoms with Crippen LogP contribution < -0.4 is 10.6 Å². The molecule has 6 heteroatoms. The first kappa shape index (κ1) is 19.7. The Hall–Kier alpha value is -0.360. The maximum absolute atomic E-state index is 11.7. The summed E-state index contributed by atoms with van der Waals surface area (Å²) in [5.74, 6) is 1.50. The molecule has 0 aliphatic carbocycles. The Morgan fingerprint density at radius 3 is 2.77 bits per heavy atom. The number of carbonyl (C=O) groups is 1. The standard InChI is InChI=1S/C16H30N2O3.ClH/c19-16(3-2-14-4-8-17-9-5-14)18-7-1-10-20-12-15-6-11-21-13-15;/h14-15,17H,1-13H2,(H,18,19);1H. The summed E-state index contributed by atoms with van der Waals surface area (Å²) in [7, 11) is 0. The molecular weight excluding hydrogens is 304 g/mol. The summed E-state index contributed by atoms with van der Waals surface area (Å²) in [6, 6.07) is 0. The summed E-state index contributed by atoms with van der Waals surface area (Å²) < 4.78 is 10.9. The maximum atomic E-state index is 11.7. The zero-order valence-electron chi connectivity index (χ0n) is 13.5. The molecule has 1 amide bonds. The minimum absolute atomic E-state index is 0. The predicted molar refractivity (Wildman–Crippen MR) is 89.4 cm³/mol. The van der Waals surface area contributed by atoms with Crippen molar-refractivity contribution in [2.24, 2.45) is 11.8 Å². The van der Waals surface area contributed by atoms with E-state index in [9.17, 15) is 4.79 Å². The summed E-state index contributed by atoms with van der Waals surface area (Å²) in [4.78, 5) is 11.7. The Bertz CT molecular complexity index is 293. The van der Waals surface area contributed by atoms with Gasteiger partial charge in [-0.15, -0.1) is 12.4 Å². The Morgan fingerprint density at radius 1 is 1.23 bits per heavy atom. The Morgan fingerprint density at radius 2 is 2.05 bits per heavy atom. The van der Waals surface area contributed by atoms with Crippen LogP contribution in [0, 0.1) is 11.8 Å². The molecule has 2 aliphatic rings. The normalized spacial score (nSPS) is 22.3. The summed E-state index contributed by atoms with van der Waals surface area (Å²) in [6.07, 6.45) is 6.15. The second kappa shape index (κ2) is 12.1. The number of rotatable bonds is 9. The molecule has 0 saturated carbocycles. The lowest BCUT2D eigenvalue weighted by Gasteiger charge is -2.22. The molecule has 0 bridgehead atoms. The molecule has 5 nitrogen and oxygen atoms in total. The van der Waals surface area contributed by atoms with Crippen molar-refractivity contribution in [3.63, 3.8) is 0 Å². The Kier molecular flexibility index (Phi) is 10.8. The number of nitrogens with one attached hydrogen (secondary N) is 2. The minimum atomic E-state index is 0. The van der Waals surface area contributed by atoms with Gasteiger partial charge in [-0.05, 0) is 51.1 Å². The molecule has 0 aromatic rings.